The second kappa shape index (κ2) is 8.10. The number of hydrogen-bond donors (Lipinski definition) is 2. The fourth-order valence-corrected chi connectivity index (χ4v) is 4.30. The summed E-state index contributed by atoms with van der Waals surface area (Å²) in [5, 5.41) is 3.28. The Morgan fingerprint density at radius 1 is 1.11 bits per heavy atom. The first-order valence-electron chi connectivity index (χ1n) is 9.04. The Hall–Kier alpha value is -2.38. The Labute approximate surface area is 160 Å². The molecule has 7 heteroatoms. The van der Waals surface area contributed by atoms with Crippen molar-refractivity contribution in [2.45, 2.75) is 30.7 Å². The van der Waals surface area contributed by atoms with E-state index in [1.807, 2.05) is 19.1 Å². The number of benzene rings is 2. The predicted molar refractivity (Wildman–Crippen MR) is 106 cm³/mol. The minimum Gasteiger partial charge on any atom is -0.339 e. The highest BCUT2D eigenvalue weighted by Crippen LogP contribution is 2.20. The quantitative estimate of drug-likeness (QED) is 0.827. The van der Waals surface area contributed by atoms with E-state index in [-0.39, 0.29) is 16.8 Å². The van der Waals surface area contributed by atoms with Gasteiger partial charge < -0.3 is 10.2 Å². The number of rotatable bonds is 5. The Bertz CT molecular complexity index is 904. The van der Waals surface area contributed by atoms with Crippen molar-refractivity contribution in [3.05, 3.63) is 59.7 Å². The third-order valence-corrected chi connectivity index (χ3v) is 6.25. The van der Waals surface area contributed by atoms with E-state index in [2.05, 4.69) is 10.0 Å². The number of carbonyl (C=O) groups is 1. The van der Waals surface area contributed by atoms with Crippen LogP contribution in [0.3, 0.4) is 0 Å². The number of aryl methyl sites for hydroxylation is 1. The van der Waals surface area contributed by atoms with Crippen LogP contribution in [0.2, 0.25) is 0 Å². The van der Waals surface area contributed by atoms with Gasteiger partial charge in [-0.15, -0.1) is 0 Å². The summed E-state index contributed by atoms with van der Waals surface area (Å²) in [6.07, 6.45) is 1.80. The van der Waals surface area contributed by atoms with E-state index in [1.165, 1.54) is 12.1 Å². The molecule has 1 aliphatic rings. The molecular weight excluding hydrogens is 362 g/mol. The molecular formula is C20H25N3O3S. The number of nitrogens with zero attached hydrogens (tertiary/aromatic N) is 1. The van der Waals surface area contributed by atoms with Crippen molar-refractivity contribution in [1.82, 2.24) is 10.2 Å². The average Bonchev–Trinajstić information content (AvgIpc) is 2.69. The van der Waals surface area contributed by atoms with Crippen LogP contribution in [0.5, 0.6) is 0 Å². The van der Waals surface area contributed by atoms with Crippen molar-refractivity contribution in [2.24, 2.45) is 0 Å². The van der Waals surface area contributed by atoms with Crippen molar-refractivity contribution >= 4 is 21.6 Å². The molecule has 2 aromatic rings. The van der Waals surface area contributed by atoms with Crippen LogP contribution in [0.1, 0.15) is 28.8 Å². The van der Waals surface area contributed by atoms with Gasteiger partial charge in [0.1, 0.15) is 0 Å². The second-order valence-corrected chi connectivity index (χ2v) is 8.58. The first-order valence-corrected chi connectivity index (χ1v) is 10.5. The van der Waals surface area contributed by atoms with Gasteiger partial charge in [-0.2, -0.15) is 0 Å². The van der Waals surface area contributed by atoms with Crippen LogP contribution in [0.4, 0.5) is 5.69 Å². The molecule has 144 valence electrons. The summed E-state index contributed by atoms with van der Waals surface area (Å²) in [5.41, 5.74) is 1.92. The zero-order valence-electron chi connectivity index (χ0n) is 15.6. The predicted octanol–water partition coefficient (Wildman–Crippen LogP) is 2.62. The molecule has 1 saturated heterocycles. The fourth-order valence-electron chi connectivity index (χ4n) is 3.20. The lowest BCUT2D eigenvalue weighted by Crippen LogP contribution is -2.44. The van der Waals surface area contributed by atoms with Gasteiger partial charge in [0, 0.05) is 24.3 Å². The molecule has 0 saturated carbocycles. The van der Waals surface area contributed by atoms with Gasteiger partial charge >= 0.3 is 0 Å². The maximum atomic E-state index is 12.8. The first kappa shape index (κ1) is 19.4. The minimum absolute atomic E-state index is 0.0765. The summed E-state index contributed by atoms with van der Waals surface area (Å²) in [7, 11) is -1.98. The minimum atomic E-state index is -3.76. The highest BCUT2D eigenvalue weighted by molar-refractivity contribution is 7.92. The van der Waals surface area contributed by atoms with Crippen LogP contribution in [0.25, 0.3) is 0 Å². The van der Waals surface area contributed by atoms with Gasteiger partial charge in [-0.25, -0.2) is 8.42 Å². The molecule has 27 heavy (non-hydrogen) atoms. The molecule has 6 nitrogen and oxygen atoms in total. The molecule has 0 atom stereocenters. The largest absolute Gasteiger partial charge is 0.339 e. The summed E-state index contributed by atoms with van der Waals surface area (Å²) >= 11 is 0. The molecule has 0 spiro atoms. The molecule has 0 bridgehead atoms. The number of amides is 1. The molecule has 0 unspecified atom stereocenters. The Morgan fingerprint density at radius 3 is 2.44 bits per heavy atom. The van der Waals surface area contributed by atoms with E-state index >= 15 is 0 Å². The molecule has 0 aliphatic carbocycles. The summed E-state index contributed by atoms with van der Waals surface area (Å²) in [6, 6.07) is 13.5. The smallest absolute Gasteiger partial charge is 0.261 e. The molecule has 1 fully saturated rings. The topological polar surface area (TPSA) is 78.5 Å². The van der Waals surface area contributed by atoms with E-state index < -0.39 is 10.0 Å². The summed E-state index contributed by atoms with van der Waals surface area (Å²) in [5.74, 6) is -0.158. The summed E-state index contributed by atoms with van der Waals surface area (Å²) < 4.78 is 27.9. The van der Waals surface area contributed by atoms with E-state index in [0.717, 1.165) is 31.5 Å². The van der Waals surface area contributed by atoms with E-state index in [0.29, 0.717) is 11.3 Å². The Morgan fingerprint density at radius 2 is 1.78 bits per heavy atom. The van der Waals surface area contributed by atoms with Gasteiger partial charge in [-0.1, -0.05) is 23.8 Å². The Kier molecular flexibility index (Phi) is 5.82. The van der Waals surface area contributed by atoms with Crippen molar-refractivity contribution in [3.63, 3.8) is 0 Å². The summed E-state index contributed by atoms with van der Waals surface area (Å²) in [6.45, 7) is 3.71. The number of anilines is 1. The van der Waals surface area contributed by atoms with Crippen LogP contribution in [0, 0.1) is 6.92 Å². The Balaban J connectivity index is 1.79. The van der Waals surface area contributed by atoms with Crippen molar-refractivity contribution in [1.29, 1.82) is 0 Å². The van der Waals surface area contributed by atoms with Gasteiger partial charge in [-0.3, -0.25) is 9.52 Å². The number of nitrogens with one attached hydrogen (secondary N) is 2. The van der Waals surface area contributed by atoms with Gasteiger partial charge in [0.15, 0.2) is 0 Å². The number of carbonyl (C=O) groups excluding carboxylic acids is 1. The molecule has 3 rings (SSSR count). The van der Waals surface area contributed by atoms with Crippen molar-refractivity contribution < 1.29 is 13.2 Å². The highest BCUT2D eigenvalue weighted by Gasteiger charge is 2.24. The third kappa shape index (κ3) is 4.67. The average molecular weight is 388 g/mol. The van der Waals surface area contributed by atoms with Crippen LogP contribution in [0.15, 0.2) is 53.4 Å². The molecule has 0 radical (unpaired) electrons. The molecule has 1 aliphatic heterocycles. The van der Waals surface area contributed by atoms with Gasteiger partial charge in [0.05, 0.1) is 4.90 Å². The lowest BCUT2D eigenvalue weighted by Gasteiger charge is -2.31. The van der Waals surface area contributed by atoms with Crippen LogP contribution in [-0.4, -0.2) is 45.4 Å². The third-order valence-electron chi connectivity index (χ3n) is 4.87. The number of hydrogen-bond acceptors (Lipinski definition) is 4. The monoisotopic (exact) mass is 387 g/mol. The zero-order valence-corrected chi connectivity index (χ0v) is 16.4. The van der Waals surface area contributed by atoms with E-state index in [4.69, 9.17) is 0 Å². The van der Waals surface area contributed by atoms with Crippen LogP contribution in [-0.2, 0) is 10.0 Å². The van der Waals surface area contributed by atoms with Crippen molar-refractivity contribution in [2.75, 3.05) is 24.9 Å². The van der Waals surface area contributed by atoms with E-state index in [1.54, 1.807) is 36.2 Å². The lowest BCUT2D eigenvalue weighted by atomic mass is 10.0. The highest BCUT2D eigenvalue weighted by atomic mass is 32.2. The molecule has 2 aromatic carbocycles. The normalized spacial score (nSPS) is 15.3. The maximum Gasteiger partial charge on any atom is 0.261 e. The first-order chi connectivity index (χ1) is 12.9. The van der Waals surface area contributed by atoms with E-state index in [9.17, 15) is 13.2 Å². The molecule has 1 heterocycles. The van der Waals surface area contributed by atoms with Crippen LogP contribution < -0.4 is 10.0 Å². The SMILES string of the molecule is Cc1ccc(NS(=O)(=O)c2cccc(C(=O)N(C)C3CCNCC3)c2)cc1. The number of sulfonamides is 1. The van der Waals surface area contributed by atoms with Crippen molar-refractivity contribution in [3.8, 4) is 0 Å². The van der Waals surface area contributed by atoms with Gasteiger partial charge in [-0.05, 0) is 63.2 Å². The molecule has 2 N–H and O–H groups in total. The maximum absolute atomic E-state index is 12.8. The fraction of sp³-hybridized carbons (Fsp3) is 0.350. The van der Waals surface area contributed by atoms with Gasteiger partial charge in [0.25, 0.3) is 15.9 Å². The zero-order chi connectivity index (χ0) is 19.4. The lowest BCUT2D eigenvalue weighted by molar-refractivity contribution is 0.0703. The summed E-state index contributed by atoms with van der Waals surface area (Å²) in [4.78, 5) is 14.6. The second-order valence-electron chi connectivity index (χ2n) is 6.90. The molecule has 0 aromatic heterocycles. The molecule has 1 amide bonds. The van der Waals surface area contributed by atoms with Crippen LogP contribution >= 0.6 is 0 Å². The standard InChI is InChI=1S/C20H25N3O3S/c1-15-6-8-17(9-7-15)22-27(25,26)19-5-3-4-16(14-19)20(24)23(2)18-10-12-21-13-11-18/h3-9,14,18,21-22H,10-13H2,1-2H3. The number of piperidine rings is 1. The van der Waals surface area contributed by atoms with Gasteiger partial charge in [0.2, 0.25) is 0 Å².